The van der Waals surface area contributed by atoms with Crippen LogP contribution in [-0.2, 0) is 4.79 Å². The van der Waals surface area contributed by atoms with Gasteiger partial charge in [0.05, 0.1) is 4.92 Å². The zero-order valence-electron chi connectivity index (χ0n) is 11.2. The van der Waals surface area contributed by atoms with E-state index in [0.29, 0.717) is 18.5 Å². The second kappa shape index (κ2) is 5.61. The molecule has 8 heteroatoms. The van der Waals surface area contributed by atoms with Crippen molar-refractivity contribution in [2.45, 2.75) is 13.3 Å². The Bertz CT molecular complexity index is 653. The number of nitrogens with zero attached hydrogens (tertiary/aromatic N) is 2. The molecule has 0 spiro atoms. The highest BCUT2D eigenvalue weighted by Gasteiger charge is 2.32. The fourth-order valence-corrected chi connectivity index (χ4v) is 1.94. The molecule has 1 saturated heterocycles. The van der Waals surface area contributed by atoms with Crippen LogP contribution in [0.4, 0.5) is 10.5 Å². The average Bonchev–Trinajstić information content (AvgIpc) is 2.69. The van der Waals surface area contributed by atoms with E-state index in [1.54, 1.807) is 0 Å². The first-order valence-corrected chi connectivity index (χ1v) is 6.26. The van der Waals surface area contributed by atoms with E-state index >= 15 is 0 Å². The first-order valence-electron chi connectivity index (χ1n) is 6.26. The molecule has 21 heavy (non-hydrogen) atoms. The quantitative estimate of drug-likeness (QED) is 0.378. The van der Waals surface area contributed by atoms with Gasteiger partial charge in [-0.2, -0.15) is 0 Å². The lowest BCUT2D eigenvalue weighted by atomic mass is 10.1. The van der Waals surface area contributed by atoms with E-state index in [-0.39, 0.29) is 5.70 Å². The van der Waals surface area contributed by atoms with Gasteiger partial charge in [0, 0.05) is 12.6 Å². The van der Waals surface area contributed by atoms with Crippen LogP contribution in [0.25, 0.3) is 6.08 Å². The van der Waals surface area contributed by atoms with Gasteiger partial charge in [0.2, 0.25) is 0 Å². The third-order valence-electron chi connectivity index (χ3n) is 2.92. The standard InChI is InChI=1S/C13H13N3O5/c1-2-5-15-12(18)9(14-13(15)19)6-8-3-4-11(17)10(7-8)16(20)21/h3-4,6-7,17H,2,5H2,1H3,(H,14,19)/b9-6+. The molecule has 1 aromatic carbocycles. The molecule has 3 amide bonds. The van der Waals surface area contributed by atoms with E-state index < -0.39 is 28.3 Å². The number of nitro groups is 1. The van der Waals surface area contributed by atoms with Gasteiger partial charge in [-0.3, -0.25) is 19.8 Å². The number of aromatic hydroxyl groups is 1. The summed E-state index contributed by atoms with van der Waals surface area (Å²) in [7, 11) is 0. The minimum Gasteiger partial charge on any atom is -0.502 e. The normalized spacial score (nSPS) is 16.4. The molecule has 8 nitrogen and oxygen atoms in total. The Morgan fingerprint density at radius 1 is 1.43 bits per heavy atom. The van der Waals surface area contributed by atoms with E-state index in [4.69, 9.17) is 0 Å². The Morgan fingerprint density at radius 3 is 2.76 bits per heavy atom. The van der Waals surface area contributed by atoms with E-state index in [1.165, 1.54) is 12.1 Å². The van der Waals surface area contributed by atoms with E-state index in [9.17, 15) is 24.8 Å². The van der Waals surface area contributed by atoms with Gasteiger partial charge in [0.15, 0.2) is 5.75 Å². The molecule has 2 rings (SSSR count). The summed E-state index contributed by atoms with van der Waals surface area (Å²) in [5.41, 5.74) is -0.0820. The number of amides is 3. The van der Waals surface area contributed by atoms with Crippen molar-refractivity contribution in [2.24, 2.45) is 0 Å². The number of hydrogen-bond acceptors (Lipinski definition) is 5. The van der Waals surface area contributed by atoms with E-state index in [0.717, 1.165) is 17.0 Å². The third kappa shape index (κ3) is 2.83. The predicted octanol–water partition coefficient (Wildman–Crippen LogP) is 1.60. The molecule has 0 atom stereocenters. The summed E-state index contributed by atoms with van der Waals surface area (Å²) in [5.74, 6) is -0.936. The number of carbonyl (C=O) groups is 2. The van der Waals surface area contributed by atoms with Gasteiger partial charge in [-0.25, -0.2) is 4.79 Å². The molecule has 110 valence electrons. The zero-order chi connectivity index (χ0) is 15.6. The van der Waals surface area contributed by atoms with Gasteiger partial charge >= 0.3 is 11.7 Å². The Kier molecular flexibility index (Phi) is 3.88. The maximum absolute atomic E-state index is 12.0. The number of benzene rings is 1. The molecule has 1 aliphatic heterocycles. The molecule has 0 bridgehead atoms. The first kappa shape index (κ1) is 14.5. The van der Waals surface area contributed by atoms with Crippen LogP contribution in [0.1, 0.15) is 18.9 Å². The van der Waals surface area contributed by atoms with Crippen molar-refractivity contribution in [3.05, 3.63) is 39.6 Å². The van der Waals surface area contributed by atoms with Gasteiger partial charge in [-0.05, 0) is 24.1 Å². The Labute approximate surface area is 119 Å². The van der Waals surface area contributed by atoms with E-state index in [1.807, 2.05) is 6.92 Å². The van der Waals surface area contributed by atoms with Crippen LogP contribution in [0.2, 0.25) is 0 Å². The number of rotatable bonds is 4. The Hall–Kier alpha value is -2.90. The van der Waals surface area contributed by atoms with Crippen molar-refractivity contribution in [3.8, 4) is 5.75 Å². The molecule has 1 aliphatic rings. The second-order valence-electron chi connectivity index (χ2n) is 4.45. The lowest BCUT2D eigenvalue weighted by Crippen LogP contribution is -2.31. The SMILES string of the molecule is CCCN1C(=O)N/C(=C/c2ccc(O)c([N+](=O)[O-])c2)C1=O. The molecular formula is C13H13N3O5. The van der Waals surface area contributed by atoms with Crippen LogP contribution in [-0.4, -0.2) is 33.4 Å². The molecule has 0 saturated carbocycles. The summed E-state index contributed by atoms with van der Waals surface area (Å²) < 4.78 is 0. The maximum atomic E-state index is 12.0. The van der Waals surface area contributed by atoms with Crippen molar-refractivity contribution in [1.82, 2.24) is 10.2 Å². The topological polar surface area (TPSA) is 113 Å². The Balaban J connectivity index is 2.33. The highest BCUT2D eigenvalue weighted by molar-refractivity contribution is 6.13. The van der Waals surface area contributed by atoms with Crippen LogP contribution in [0.15, 0.2) is 23.9 Å². The summed E-state index contributed by atoms with van der Waals surface area (Å²) in [6.07, 6.45) is 1.97. The zero-order valence-corrected chi connectivity index (χ0v) is 11.2. The lowest BCUT2D eigenvalue weighted by Gasteiger charge is -2.08. The summed E-state index contributed by atoms with van der Waals surface area (Å²) >= 11 is 0. The molecule has 2 N–H and O–H groups in total. The first-order chi connectivity index (χ1) is 9.93. The molecular weight excluding hydrogens is 278 g/mol. The predicted molar refractivity (Wildman–Crippen MR) is 73.3 cm³/mol. The largest absolute Gasteiger partial charge is 0.502 e. The van der Waals surface area contributed by atoms with Crippen LogP contribution in [0, 0.1) is 10.1 Å². The minimum atomic E-state index is -0.726. The number of nitrogens with one attached hydrogen (secondary N) is 1. The molecule has 0 aliphatic carbocycles. The molecule has 0 aromatic heterocycles. The van der Waals surface area contributed by atoms with E-state index in [2.05, 4.69) is 5.32 Å². The number of carbonyl (C=O) groups excluding carboxylic acids is 2. The number of imide groups is 1. The summed E-state index contributed by atoms with van der Waals surface area (Å²) in [6, 6.07) is 3.19. The number of urea groups is 1. The second-order valence-corrected chi connectivity index (χ2v) is 4.45. The fourth-order valence-electron chi connectivity index (χ4n) is 1.94. The van der Waals surface area contributed by atoms with Crippen LogP contribution < -0.4 is 5.32 Å². The van der Waals surface area contributed by atoms with Gasteiger partial charge in [0.1, 0.15) is 5.70 Å². The number of phenolic OH excluding ortho intramolecular Hbond substituents is 1. The minimum absolute atomic E-state index is 0.0495. The van der Waals surface area contributed by atoms with Crippen molar-refractivity contribution >= 4 is 23.7 Å². The highest BCUT2D eigenvalue weighted by atomic mass is 16.6. The van der Waals surface area contributed by atoms with Crippen LogP contribution in [0.3, 0.4) is 0 Å². The van der Waals surface area contributed by atoms with Crippen LogP contribution >= 0.6 is 0 Å². The molecule has 1 heterocycles. The summed E-state index contributed by atoms with van der Waals surface area (Å²) in [4.78, 5) is 34.7. The number of phenols is 1. The molecule has 1 fully saturated rings. The monoisotopic (exact) mass is 291 g/mol. The number of nitro benzene ring substituents is 1. The van der Waals surface area contributed by atoms with Gasteiger partial charge in [-0.15, -0.1) is 0 Å². The third-order valence-corrected chi connectivity index (χ3v) is 2.92. The van der Waals surface area contributed by atoms with Crippen molar-refractivity contribution in [3.63, 3.8) is 0 Å². The van der Waals surface area contributed by atoms with Gasteiger partial charge in [-0.1, -0.05) is 13.0 Å². The number of hydrogen-bond donors (Lipinski definition) is 2. The smallest absolute Gasteiger partial charge is 0.329 e. The molecule has 0 radical (unpaired) electrons. The molecule has 1 aromatic rings. The fraction of sp³-hybridized carbons (Fsp3) is 0.231. The van der Waals surface area contributed by atoms with Crippen molar-refractivity contribution in [1.29, 1.82) is 0 Å². The van der Waals surface area contributed by atoms with Crippen molar-refractivity contribution < 1.29 is 19.6 Å². The van der Waals surface area contributed by atoms with Gasteiger partial charge < -0.3 is 10.4 Å². The average molecular weight is 291 g/mol. The summed E-state index contributed by atoms with van der Waals surface area (Å²) in [6.45, 7) is 2.14. The van der Waals surface area contributed by atoms with Gasteiger partial charge in [0.25, 0.3) is 5.91 Å². The summed E-state index contributed by atoms with van der Waals surface area (Å²) in [5, 5.41) is 22.5. The van der Waals surface area contributed by atoms with Crippen LogP contribution in [0.5, 0.6) is 5.75 Å². The Morgan fingerprint density at radius 2 is 2.14 bits per heavy atom. The molecule has 0 unspecified atom stereocenters. The highest BCUT2D eigenvalue weighted by Crippen LogP contribution is 2.27. The van der Waals surface area contributed by atoms with Crippen molar-refractivity contribution in [2.75, 3.05) is 6.54 Å². The lowest BCUT2D eigenvalue weighted by molar-refractivity contribution is -0.385. The maximum Gasteiger partial charge on any atom is 0.329 e.